The molecule has 1 N–H and O–H groups in total. The van der Waals surface area contributed by atoms with E-state index in [-0.39, 0.29) is 12.1 Å². The monoisotopic (exact) mass is 261 g/mol. The molecule has 102 valence electrons. The van der Waals surface area contributed by atoms with Crippen LogP contribution in [0.4, 0.5) is 13.2 Å². The fourth-order valence-corrected chi connectivity index (χ4v) is 1.86. The van der Waals surface area contributed by atoms with Crippen LogP contribution in [0.25, 0.3) is 0 Å². The fourth-order valence-electron chi connectivity index (χ4n) is 1.86. The summed E-state index contributed by atoms with van der Waals surface area (Å²) in [5.41, 5.74) is -1.97. The number of alkyl halides is 3. The predicted octanol–water partition coefficient (Wildman–Crippen LogP) is 3.09. The van der Waals surface area contributed by atoms with Crippen molar-refractivity contribution in [3.05, 3.63) is 35.9 Å². The summed E-state index contributed by atoms with van der Waals surface area (Å²) in [5.74, 6) is 0. The average molecular weight is 261 g/mol. The van der Waals surface area contributed by atoms with E-state index in [4.69, 9.17) is 4.74 Å². The zero-order valence-corrected chi connectivity index (χ0v) is 10.6. The summed E-state index contributed by atoms with van der Waals surface area (Å²) in [7, 11) is 1.27. The molecule has 1 aromatic carbocycles. The SMILES string of the molecule is CCCNC(COC)(c1ccccc1)C(F)(F)F. The third-order valence-corrected chi connectivity index (χ3v) is 2.79. The molecule has 0 spiro atoms. The first kappa shape index (κ1) is 15.0. The van der Waals surface area contributed by atoms with Gasteiger partial charge in [0.2, 0.25) is 0 Å². The zero-order chi connectivity index (χ0) is 13.6. The van der Waals surface area contributed by atoms with E-state index in [0.29, 0.717) is 6.42 Å². The maximum Gasteiger partial charge on any atom is 0.413 e. The van der Waals surface area contributed by atoms with Gasteiger partial charge in [-0.3, -0.25) is 5.32 Å². The van der Waals surface area contributed by atoms with E-state index >= 15 is 0 Å². The molecular weight excluding hydrogens is 243 g/mol. The third-order valence-electron chi connectivity index (χ3n) is 2.79. The Kier molecular flexibility index (Phi) is 5.16. The highest BCUT2D eigenvalue weighted by Crippen LogP contribution is 2.39. The van der Waals surface area contributed by atoms with E-state index in [1.165, 1.54) is 19.2 Å². The lowest BCUT2D eigenvalue weighted by Gasteiger charge is -2.36. The summed E-state index contributed by atoms with van der Waals surface area (Å²) in [5, 5.41) is 2.59. The van der Waals surface area contributed by atoms with Crippen LogP contribution in [-0.2, 0) is 10.3 Å². The number of halogens is 3. The molecule has 0 aromatic heterocycles. The highest BCUT2D eigenvalue weighted by molar-refractivity contribution is 5.27. The minimum atomic E-state index is -4.42. The van der Waals surface area contributed by atoms with Crippen LogP contribution in [0.3, 0.4) is 0 Å². The van der Waals surface area contributed by atoms with Gasteiger partial charge in [-0.15, -0.1) is 0 Å². The van der Waals surface area contributed by atoms with Crippen LogP contribution >= 0.6 is 0 Å². The largest absolute Gasteiger partial charge is 0.413 e. The van der Waals surface area contributed by atoms with Gasteiger partial charge >= 0.3 is 6.18 Å². The Morgan fingerprint density at radius 3 is 2.22 bits per heavy atom. The van der Waals surface area contributed by atoms with Crippen molar-refractivity contribution < 1.29 is 17.9 Å². The maximum atomic E-state index is 13.4. The van der Waals surface area contributed by atoms with Crippen molar-refractivity contribution in [3.8, 4) is 0 Å². The maximum absolute atomic E-state index is 13.4. The van der Waals surface area contributed by atoms with Gasteiger partial charge in [-0.25, -0.2) is 0 Å². The first-order chi connectivity index (χ1) is 8.48. The minimum Gasteiger partial charge on any atom is -0.382 e. The lowest BCUT2D eigenvalue weighted by molar-refractivity contribution is -0.214. The van der Waals surface area contributed by atoms with Crippen molar-refractivity contribution >= 4 is 0 Å². The molecular formula is C13H18F3NO. The Labute approximate surface area is 105 Å². The van der Waals surface area contributed by atoms with Crippen LogP contribution in [-0.4, -0.2) is 26.4 Å². The van der Waals surface area contributed by atoms with Gasteiger partial charge in [0.05, 0.1) is 6.61 Å². The molecule has 2 nitrogen and oxygen atoms in total. The summed E-state index contributed by atoms with van der Waals surface area (Å²) < 4.78 is 45.1. The summed E-state index contributed by atoms with van der Waals surface area (Å²) >= 11 is 0. The van der Waals surface area contributed by atoms with E-state index in [9.17, 15) is 13.2 Å². The van der Waals surface area contributed by atoms with Gasteiger partial charge in [-0.1, -0.05) is 37.3 Å². The summed E-state index contributed by atoms with van der Waals surface area (Å²) in [6.45, 7) is 1.66. The van der Waals surface area contributed by atoms with Gasteiger partial charge in [0.1, 0.15) is 0 Å². The van der Waals surface area contributed by atoms with Gasteiger partial charge < -0.3 is 4.74 Å². The quantitative estimate of drug-likeness (QED) is 0.849. The number of hydrogen-bond acceptors (Lipinski definition) is 2. The summed E-state index contributed by atoms with van der Waals surface area (Å²) in [4.78, 5) is 0. The lowest BCUT2D eigenvalue weighted by atomic mass is 9.89. The zero-order valence-electron chi connectivity index (χ0n) is 10.6. The standard InChI is InChI=1S/C13H18F3NO/c1-3-9-17-12(10-18-2,13(14,15)16)11-7-5-4-6-8-11/h4-8,17H,3,9-10H2,1-2H3. The first-order valence-corrected chi connectivity index (χ1v) is 5.84. The second-order valence-electron chi connectivity index (χ2n) is 4.13. The topological polar surface area (TPSA) is 21.3 Å². The van der Waals surface area contributed by atoms with E-state index in [1.807, 2.05) is 6.92 Å². The van der Waals surface area contributed by atoms with Crippen LogP contribution in [0.1, 0.15) is 18.9 Å². The van der Waals surface area contributed by atoms with Crippen LogP contribution in [0, 0.1) is 0 Å². The minimum absolute atomic E-state index is 0.174. The van der Waals surface area contributed by atoms with E-state index in [0.717, 1.165) is 0 Å². The van der Waals surface area contributed by atoms with Crippen LogP contribution in [0.15, 0.2) is 30.3 Å². The number of hydrogen-bond donors (Lipinski definition) is 1. The fraction of sp³-hybridized carbons (Fsp3) is 0.538. The highest BCUT2D eigenvalue weighted by Gasteiger charge is 2.55. The number of rotatable bonds is 6. The number of ether oxygens (including phenoxy) is 1. The van der Waals surface area contributed by atoms with Crippen LogP contribution in [0.2, 0.25) is 0 Å². The van der Waals surface area contributed by atoms with Gasteiger partial charge in [0.15, 0.2) is 5.54 Å². The molecule has 5 heteroatoms. The molecule has 1 aromatic rings. The molecule has 0 aliphatic heterocycles. The lowest BCUT2D eigenvalue weighted by Crippen LogP contribution is -2.57. The molecule has 0 amide bonds. The molecule has 0 saturated heterocycles. The smallest absolute Gasteiger partial charge is 0.382 e. The predicted molar refractivity (Wildman–Crippen MR) is 64.3 cm³/mol. The Morgan fingerprint density at radius 2 is 1.78 bits per heavy atom. The molecule has 0 saturated carbocycles. The van der Waals surface area contributed by atoms with E-state index in [1.54, 1.807) is 18.2 Å². The Balaban J connectivity index is 3.20. The van der Waals surface area contributed by atoms with Crippen LogP contribution in [0.5, 0.6) is 0 Å². The van der Waals surface area contributed by atoms with Gasteiger partial charge in [-0.05, 0) is 18.5 Å². The molecule has 0 aliphatic rings. The molecule has 1 rings (SSSR count). The van der Waals surface area contributed by atoms with E-state index < -0.39 is 18.3 Å². The second kappa shape index (κ2) is 6.20. The van der Waals surface area contributed by atoms with Crippen molar-refractivity contribution in [2.75, 3.05) is 20.3 Å². The van der Waals surface area contributed by atoms with Crippen molar-refractivity contribution in [2.24, 2.45) is 0 Å². The Bertz CT molecular complexity index is 353. The molecule has 18 heavy (non-hydrogen) atoms. The molecule has 0 heterocycles. The first-order valence-electron chi connectivity index (χ1n) is 5.84. The highest BCUT2D eigenvalue weighted by atomic mass is 19.4. The van der Waals surface area contributed by atoms with E-state index in [2.05, 4.69) is 5.32 Å². The van der Waals surface area contributed by atoms with Crippen molar-refractivity contribution in [3.63, 3.8) is 0 Å². The van der Waals surface area contributed by atoms with Gasteiger partial charge in [-0.2, -0.15) is 13.2 Å². The second-order valence-corrected chi connectivity index (χ2v) is 4.13. The number of nitrogens with one attached hydrogen (secondary N) is 1. The molecule has 0 fully saturated rings. The molecule has 1 atom stereocenters. The van der Waals surface area contributed by atoms with Gasteiger partial charge in [0, 0.05) is 7.11 Å². The average Bonchev–Trinajstić information content (AvgIpc) is 2.34. The van der Waals surface area contributed by atoms with Gasteiger partial charge in [0.25, 0.3) is 0 Å². The Morgan fingerprint density at radius 1 is 1.17 bits per heavy atom. The Hall–Kier alpha value is -1.07. The number of benzene rings is 1. The van der Waals surface area contributed by atoms with Crippen LogP contribution < -0.4 is 5.32 Å². The third kappa shape index (κ3) is 3.03. The summed E-state index contributed by atoms with van der Waals surface area (Å²) in [6.07, 6.45) is -3.80. The summed E-state index contributed by atoms with van der Waals surface area (Å²) in [6, 6.07) is 7.82. The molecule has 0 aliphatic carbocycles. The van der Waals surface area contributed by atoms with Crippen molar-refractivity contribution in [1.82, 2.24) is 5.32 Å². The molecule has 0 bridgehead atoms. The number of methoxy groups -OCH3 is 1. The van der Waals surface area contributed by atoms with Crippen molar-refractivity contribution in [1.29, 1.82) is 0 Å². The van der Waals surface area contributed by atoms with Crippen molar-refractivity contribution in [2.45, 2.75) is 25.1 Å². The molecule has 0 radical (unpaired) electrons. The molecule has 1 unspecified atom stereocenters. The normalized spacial score (nSPS) is 15.4.